The van der Waals surface area contributed by atoms with E-state index in [1.54, 1.807) is 24.0 Å². The first-order chi connectivity index (χ1) is 13.6. The number of hydrogen-bond acceptors (Lipinski definition) is 4. The SMILES string of the molecule is CCCCNC(=O)N1Cc2c(N(C=O)c3ccccc3)nn(C(=O)CC)c2C1. The first-order valence-corrected chi connectivity index (χ1v) is 9.57. The summed E-state index contributed by atoms with van der Waals surface area (Å²) in [6.07, 6.45) is 2.87. The molecule has 1 aliphatic rings. The third-order valence-electron chi connectivity index (χ3n) is 4.76. The van der Waals surface area contributed by atoms with E-state index in [1.165, 1.54) is 9.58 Å². The van der Waals surface area contributed by atoms with Gasteiger partial charge >= 0.3 is 6.03 Å². The van der Waals surface area contributed by atoms with Crippen molar-refractivity contribution in [1.29, 1.82) is 0 Å². The molecular weight excluding hydrogens is 358 g/mol. The van der Waals surface area contributed by atoms with Crippen molar-refractivity contribution in [3.8, 4) is 0 Å². The number of carbonyl (C=O) groups is 3. The van der Waals surface area contributed by atoms with E-state index in [9.17, 15) is 14.4 Å². The van der Waals surface area contributed by atoms with Crippen LogP contribution in [0, 0.1) is 0 Å². The predicted octanol–water partition coefficient (Wildman–Crippen LogP) is 3.05. The van der Waals surface area contributed by atoms with E-state index < -0.39 is 0 Å². The molecule has 148 valence electrons. The summed E-state index contributed by atoms with van der Waals surface area (Å²) in [5.74, 6) is 0.219. The average Bonchev–Trinajstić information content (AvgIpc) is 3.29. The van der Waals surface area contributed by atoms with Crippen molar-refractivity contribution in [1.82, 2.24) is 20.0 Å². The number of fused-ring (bicyclic) bond motifs is 1. The Hall–Kier alpha value is -3.16. The summed E-state index contributed by atoms with van der Waals surface area (Å²) in [5, 5.41) is 7.32. The van der Waals surface area contributed by atoms with Gasteiger partial charge in [-0.2, -0.15) is 0 Å². The van der Waals surface area contributed by atoms with Crippen LogP contribution >= 0.6 is 0 Å². The van der Waals surface area contributed by atoms with Crippen LogP contribution in [0.25, 0.3) is 0 Å². The van der Waals surface area contributed by atoms with Gasteiger partial charge in [-0.25, -0.2) is 9.48 Å². The van der Waals surface area contributed by atoms with E-state index in [0.717, 1.165) is 18.4 Å². The van der Waals surface area contributed by atoms with Gasteiger partial charge in [0.25, 0.3) is 0 Å². The van der Waals surface area contributed by atoms with Gasteiger partial charge in [-0.05, 0) is 18.6 Å². The fraction of sp³-hybridized carbons (Fsp3) is 0.400. The second-order valence-corrected chi connectivity index (χ2v) is 6.66. The maximum absolute atomic E-state index is 12.5. The van der Waals surface area contributed by atoms with Crippen LogP contribution in [-0.2, 0) is 17.9 Å². The summed E-state index contributed by atoms with van der Waals surface area (Å²) in [5.41, 5.74) is 2.04. The van der Waals surface area contributed by atoms with Crippen molar-refractivity contribution in [2.75, 3.05) is 11.4 Å². The number of carbonyl (C=O) groups excluding carboxylic acids is 3. The Bertz CT molecular complexity index is 862. The van der Waals surface area contributed by atoms with Crippen molar-refractivity contribution < 1.29 is 14.4 Å². The van der Waals surface area contributed by atoms with Crippen LogP contribution in [-0.4, -0.2) is 39.6 Å². The maximum atomic E-state index is 12.5. The molecule has 8 nitrogen and oxygen atoms in total. The molecule has 1 aromatic heterocycles. The molecule has 0 saturated heterocycles. The molecule has 0 aliphatic carbocycles. The molecule has 0 unspecified atom stereocenters. The van der Waals surface area contributed by atoms with Crippen LogP contribution in [0.3, 0.4) is 0 Å². The van der Waals surface area contributed by atoms with Crippen molar-refractivity contribution in [2.45, 2.75) is 46.2 Å². The van der Waals surface area contributed by atoms with Crippen molar-refractivity contribution in [3.05, 3.63) is 41.6 Å². The fourth-order valence-electron chi connectivity index (χ4n) is 3.22. The normalized spacial score (nSPS) is 12.6. The second-order valence-electron chi connectivity index (χ2n) is 6.66. The number of hydrogen-bond donors (Lipinski definition) is 1. The van der Waals surface area contributed by atoms with Gasteiger partial charge in [0, 0.05) is 18.5 Å². The van der Waals surface area contributed by atoms with Crippen LogP contribution < -0.4 is 10.2 Å². The summed E-state index contributed by atoms with van der Waals surface area (Å²) in [6.45, 7) is 5.02. The fourth-order valence-corrected chi connectivity index (χ4v) is 3.22. The van der Waals surface area contributed by atoms with E-state index in [2.05, 4.69) is 17.3 Å². The lowest BCUT2D eigenvalue weighted by Gasteiger charge is -2.19. The molecule has 0 saturated carbocycles. The molecule has 0 radical (unpaired) electrons. The summed E-state index contributed by atoms with van der Waals surface area (Å²) in [6, 6.07) is 8.93. The smallest absolute Gasteiger partial charge is 0.318 e. The minimum atomic E-state index is -0.177. The van der Waals surface area contributed by atoms with E-state index in [-0.39, 0.29) is 24.9 Å². The Kier molecular flexibility index (Phi) is 6.08. The van der Waals surface area contributed by atoms with Gasteiger partial charge in [0.05, 0.1) is 24.5 Å². The topological polar surface area (TPSA) is 87.5 Å². The Morgan fingerprint density at radius 2 is 1.96 bits per heavy atom. The van der Waals surface area contributed by atoms with Crippen LogP contribution in [0.4, 0.5) is 16.3 Å². The molecule has 0 fully saturated rings. The number of nitrogens with zero attached hydrogens (tertiary/aromatic N) is 4. The number of para-hydroxylation sites is 1. The molecule has 0 spiro atoms. The van der Waals surface area contributed by atoms with Crippen molar-refractivity contribution in [2.24, 2.45) is 0 Å². The highest BCUT2D eigenvalue weighted by atomic mass is 16.2. The lowest BCUT2D eigenvalue weighted by atomic mass is 10.2. The number of rotatable bonds is 7. The van der Waals surface area contributed by atoms with Crippen molar-refractivity contribution in [3.63, 3.8) is 0 Å². The van der Waals surface area contributed by atoms with Crippen molar-refractivity contribution >= 4 is 29.9 Å². The highest BCUT2D eigenvalue weighted by molar-refractivity contribution is 5.89. The number of urea groups is 1. The molecule has 0 atom stereocenters. The molecular formula is C20H25N5O3. The van der Waals surface area contributed by atoms with Gasteiger partial charge in [-0.15, -0.1) is 5.10 Å². The van der Waals surface area contributed by atoms with Gasteiger partial charge in [-0.1, -0.05) is 38.5 Å². The van der Waals surface area contributed by atoms with Crippen LogP contribution in [0.1, 0.15) is 49.2 Å². The molecule has 1 aliphatic heterocycles. The molecule has 1 N–H and O–H groups in total. The molecule has 2 aromatic rings. The first-order valence-electron chi connectivity index (χ1n) is 9.57. The zero-order valence-corrected chi connectivity index (χ0v) is 16.2. The Morgan fingerprint density at radius 3 is 2.61 bits per heavy atom. The summed E-state index contributed by atoms with van der Waals surface area (Å²) in [7, 11) is 0. The minimum Gasteiger partial charge on any atom is -0.338 e. The van der Waals surface area contributed by atoms with E-state index in [4.69, 9.17) is 0 Å². The zero-order valence-electron chi connectivity index (χ0n) is 16.2. The van der Waals surface area contributed by atoms with Gasteiger partial charge in [-0.3, -0.25) is 14.5 Å². The van der Waals surface area contributed by atoms with E-state index in [0.29, 0.717) is 36.7 Å². The number of amides is 3. The van der Waals surface area contributed by atoms with Gasteiger partial charge in [0.15, 0.2) is 5.82 Å². The highest BCUT2D eigenvalue weighted by Gasteiger charge is 2.34. The molecule has 0 bridgehead atoms. The van der Waals surface area contributed by atoms with E-state index in [1.807, 2.05) is 18.2 Å². The number of nitrogens with one attached hydrogen (secondary N) is 1. The molecule has 1 aromatic carbocycles. The van der Waals surface area contributed by atoms with Gasteiger partial charge < -0.3 is 10.2 Å². The van der Waals surface area contributed by atoms with E-state index >= 15 is 0 Å². The number of benzene rings is 1. The molecule has 8 heteroatoms. The summed E-state index contributed by atoms with van der Waals surface area (Å²) >= 11 is 0. The number of unbranched alkanes of at least 4 members (excludes halogenated alkanes) is 1. The number of anilines is 2. The van der Waals surface area contributed by atoms with Gasteiger partial charge in [0.1, 0.15) is 0 Å². The predicted molar refractivity (Wildman–Crippen MR) is 105 cm³/mol. The van der Waals surface area contributed by atoms with Crippen LogP contribution in [0.2, 0.25) is 0 Å². The van der Waals surface area contributed by atoms with Gasteiger partial charge in [0.2, 0.25) is 12.3 Å². The second kappa shape index (κ2) is 8.69. The summed E-state index contributed by atoms with van der Waals surface area (Å²) < 4.78 is 1.34. The first kappa shape index (κ1) is 19.6. The maximum Gasteiger partial charge on any atom is 0.318 e. The molecule has 2 heterocycles. The standard InChI is InChI=1S/C20H25N5O3/c1-3-5-11-21-20(28)23-12-16-17(13-23)25(18(27)4-2)22-19(16)24(14-26)15-9-7-6-8-10-15/h6-10,14H,3-5,11-13H2,1-2H3,(H,21,28). The zero-order chi connectivity index (χ0) is 20.1. The largest absolute Gasteiger partial charge is 0.338 e. The highest BCUT2D eigenvalue weighted by Crippen LogP contribution is 2.34. The molecule has 3 rings (SSSR count). The molecule has 28 heavy (non-hydrogen) atoms. The minimum absolute atomic E-state index is 0.172. The van der Waals surface area contributed by atoms with Crippen LogP contribution in [0.5, 0.6) is 0 Å². The number of aromatic nitrogens is 2. The Labute approximate surface area is 164 Å². The lowest BCUT2D eigenvalue weighted by Crippen LogP contribution is -2.37. The third kappa shape index (κ3) is 3.76. The lowest BCUT2D eigenvalue weighted by molar-refractivity contribution is -0.106. The quantitative estimate of drug-likeness (QED) is 0.588. The van der Waals surface area contributed by atoms with Crippen LogP contribution in [0.15, 0.2) is 30.3 Å². The Morgan fingerprint density at radius 1 is 1.21 bits per heavy atom. The molecule has 3 amide bonds. The Balaban J connectivity index is 1.93. The summed E-state index contributed by atoms with van der Waals surface area (Å²) in [4.78, 5) is 39.8. The third-order valence-corrected chi connectivity index (χ3v) is 4.76. The monoisotopic (exact) mass is 383 g/mol. The average molecular weight is 383 g/mol.